The molecule has 6 nitrogen and oxygen atoms in total. The molecule has 0 aliphatic heterocycles. The van der Waals surface area contributed by atoms with Gasteiger partial charge in [0.05, 0.1) is 11.6 Å². The van der Waals surface area contributed by atoms with Gasteiger partial charge in [-0.05, 0) is 49.6 Å². The van der Waals surface area contributed by atoms with Crippen molar-refractivity contribution in [2.45, 2.75) is 20.8 Å². The van der Waals surface area contributed by atoms with Gasteiger partial charge in [0.25, 0.3) is 0 Å². The second kappa shape index (κ2) is 8.08. The Morgan fingerprint density at radius 1 is 0.962 bits per heavy atom. The lowest BCUT2D eigenvalue weighted by Gasteiger charge is -2.12. The molecule has 2 aromatic rings. The van der Waals surface area contributed by atoms with Crippen LogP contribution in [0.25, 0.3) is 0 Å². The number of carbonyl (C=O) groups is 3. The lowest BCUT2D eigenvalue weighted by molar-refractivity contribution is 0.0620. The van der Waals surface area contributed by atoms with Gasteiger partial charge in [-0.25, -0.2) is 9.59 Å². The Labute approximate surface area is 151 Å². The van der Waals surface area contributed by atoms with Crippen molar-refractivity contribution in [3.63, 3.8) is 0 Å². The van der Waals surface area contributed by atoms with Gasteiger partial charge in [-0.2, -0.15) is 5.26 Å². The van der Waals surface area contributed by atoms with E-state index in [1.165, 1.54) is 6.07 Å². The fourth-order valence-electron chi connectivity index (χ4n) is 2.43. The van der Waals surface area contributed by atoms with Crippen molar-refractivity contribution in [1.29, 1.82) is 5.26 Å². The summed E-state index contributed by atoms with van der Waals surface area (Å²) in [6.45, 7) is 5.15. The molecule has 0 heterocycles. The number of aryl methyl sites for hydroxylation is 3. The van der Waals surface area contributed by atoms with Crippen LogP contribution in [0.5, 0.6) is 0 Å². The monoisotopic (exact) mass is 350 g/mol. The lowest BCUT2D eigenvalue weighted by Crippen LogP contribution is -2.28. The molecule has 0 radical (unpaired) electrons. The summed E-state index contributed by atoms with van der Waals surface area (Å²) in [6, 6.07) is 11.9. The van der Waals surface area contributed by atoms with Gasteiger partial charge in [0.15, 0.2) is 5.78 Å². The number of ether oxygens (including phenoxy) is 1. The molecule has 0 saturated carbocycles. The summed E-state index contributed by atoms with van der Waals surface area (Å²) in [6.07, 6.45) is -1.04. The summed E-state index contributed by atoms with van der Waals surface area (Å²) in [4.78, 5) is 36.9. The van der Waals surface area contributed by atoms with Gasteiger partial charge in [0.1, 0.15) is 6.54 Å². The molecule has 132 valence electrons. The highest BCUT2D eigenvalue weighted by atomic mass is 16.6. The fraction of sp³-hybridized carbons (Fsp3) is 0.200. The number of alkyl carbamates (subject to hydrolysis) is 1. The van der Waals surface area contributed by atoms with Crippen molar-refractivity contribution in [2.24, 2.45) is 0 Å². The molecule has 1 N–H and O–H groups in total. The first-order valence-electron chi connectivity index (χ1n) is 7.93. The largest absolute Gasteiger partial charge is 0.415 e. The van der Waals surface area contributed by atoms with Crippen molar-refractivity contribution >= 4 is 17.8 Å². The number of nitriles is 1. The van der Waals surface area contributed by atoms with Gasteiger partial charge < -0.3 is 10.1 Å². The van der Waals surface area contributed by atoms with Gasteiger partial charge in [0, 0.05) is 11.1 Å². The van der Waals surface area contributed by atoms with E-state index in [4.69, 9.17) is 10.00 Å². The summed E-state index contributed by atoms with van der Waals surface area (Å²) in [5, 5.41) is 10.6. The van der Waals surface area contributed by atoms with Crippen LogP contribution in [0.4, 0.5) is 4.79 Å². The zero-order valence-electron chi connectivity index (χ0n) is 14.8. The SMILES string of the molecule is Cc1cc(C(=O)OC(=O)NCC#N)c(C(=O)c2ccccc2C)cc1C. The smallest absolute Gasteiger partial charge is 0.373 e. The highest BCUT2D eigenvalue weighted by Crippen LogP contribution is 2.22. The van der Waals surface area contributed by atoms with Gasteiger partial charge >= 0.3 is 12.1 Å². The van der Waals surface area contributed by atoms with E-state index in [-0.39, 0.29) is 23.5 Å². The molecule has 0 aromatic heterocycles. The van der Waals surface area contributed by atoms with Crippen LogP contribution in [0, 0.1) is 32.1 Å². The van der Waals surface area contributed by atoms with Crippen LogP contribution < -0.4 is 5.32 Å². The van der Waals surface area contributed by atoms with Crippen molar-refractivity contribution < 1.29 is 19.1 Å². The Kier molecular flexibility index (Phi) is 5.86. The quantitative estimate of drug-likeness (QED) is 0.395. The van der Waals surface area contributed by atoms with E-state index in [2.05, 4.69) is 5.32 Å². The van der Waals surface area contributed by atoms with Crippen LogP contribution in [-0.2, 0) is 4.74 Å². The minimum absolute atomic E-state index is 0.00783. The molecule has 0 unspecified atom stereocenters. The zero-order chi connectivity index (χ0) is 19.3. The van der Waals surface area contributed by atoms with Crippen LogP contribution in [0.1, 0.15) is 43.0 Å². The molecule has 1 amide bonds. The number of esters is 1. The normalized spacial score (nSPS) is 9.92. The maximum absolute atomic E-state index is 13.0. The first-order chi connectivity index (χ1) is 12.3. The minimum atomic E-state index is -1.04. The van der Waals surface area contributed by atoms with E-state index in [1.807, 2.05) is 26.0 Å². The summed E-state index contributed by atoms with van der Waals surface area (Å²) in [5.41, 5.74) is 3.05. The molecule has 0 fully saturated rings. The molecular formula is C20H18N2O4. The number of hydrogen-bond donors (Lipinski definition) is 1. The topological polar surface area (TPSA) is 96.3 Å². The third-order valence-corrected chi connectivity index (χ3v) is 3.99. The second-order valence-corrected chi connectivity index (χ2v) is 5.81. The molecule has 0 saturated heterocycles. The van der Waals surface area contributed by atoms with E-state index in [0.29, 0.717) is 5.56 Å². The van der Waals surface area contributed by atoms with Crippen LogP contribution in [0.2, 0.25) is 0 Å². The number of benzene rings is 2. The fourth-order valence-corrected chi connectivity index (χ4v) is 2.43. The highest BCUT2D eigenvalue weighted by Gasteiger charge is 2.23. The standard InChI is InChI=1S/C20H18N2O4/c1-12-6-4-5-7-15(12)18(23)16-10-13(2)14(3)11-17(16)19(24)26-20(25)22-9-8-21/h4-7,10-11H,9H2,1-3H3,(H,22,25). The van der Waals surface area contributed by atoms with Crippen molar-refractivity contribution in [1.82, 2.24) is 5.32 Å². The molecule has 0 atom stereocenters. The average Bonchev–Trinajstić information content (AvgIpc) is 2.61. The summed E-state index contributed by atoms with van der Waals surface area (Å²) in [5.74, 6) is -1.27. The second-order valence-electron chi connectivity index (χ2n) is 5.81. The number of amides is 1. The molecule has 2 aromatic carbocycles. The lowest BCUT2D eigenvalue weighted by atomic mass is 9.92. The first-order valence-corrected chi connectivity index (χ1v) is 7.93. The molecule has 6 heteroatoms. The Bertz CT molecular complexity index is 926. The average molecular weight is 350 g/mol. The number of hydrogen-bond acceptors (Lipinski definition) is 5. The van der Waals surface area contributed by atoms with E-state index in [1.54, 1.807) is 31.2 Å². The van der Waals surface area contributed by atoms with Gasteiger partial charge in [-0.1, -0.05) is 24.3 Å². The van der Waals surface area contributed by atoms with E-state index >= 15 is 0 Å². The van der Waals surface area contributed by atoms with Crippen LogP contribution >= 0.6 is 0 Å². The molecule has 0 aliphatic rings. The van der Waals surface area contributed by atoms with Gasteiger partial charge in [-0.15, -0.1) is 0 Å². The highest BCUT2D eigenvalue weighted by molar-refractivity contribution is 6.16. The van der Waals surface area contributed by atoms with Crippen LogP contribution in [-0.4, -0.2) is 24.4 Å². The Hall–Kier alpha value is -3.46. The number of carbonyl (C=O) groups excluding carboxylic acids is 3. The number of nitrogens with one attached hydrogen (secondary N) is 1. The number of nitrogens with zero attached hydrogens (tertiary/aromatic N) is 1. The van der Waals surface area contributed by atoms with Crippen LogP contribution in [0.15, 0.2) is 36.4 Å². The molecule has 0 aliphatic carbocycles. The van der Waals surface area contributed by atoms with Gasteiger partial charge in [-0.3, -0.25) is 4.79 Å². The number of rotatable bonds is 4. The van der Waals surface area contributed by atoms with Crippen LogP contribution in [0.3, 0.4) is 0 Å². The van der Waals surface area contributed by atoms with E-state index < -0.39 is 12.1 Å². The van der Waals surface area contributed by atoms with Crippen molar-refractivity contribution in [3.8, 4) is 6.07 Å². The Balaban J connectivity index is 2.44. The third-order valence-electron chi connectivity index (χ3n) is 3.99. The molecular weight excluding hydrogens is 332 g/mol. The maximum Gasteiger partial charge on any atom is 0.415 e. The third kappa shape index (κ3) is 4.14. The van der Waals surface area contributed by atoms with E-state index in [9.17, 15) is 14.4 Å². The van der Waals surface area contributed by atoms with E-state index in [0.717, 1.165) is 16.7 Å². The maximum atomic E-state index is 13.0. The minimum Gasteiger partial charge on any atom is -0.373 e. The number of ketones is 1. The molecule has 26 heavy (non-hydrogen) atoms. The first kappa shape index (κ1) is 18.9. The van der Waals surface area contributed by atoms with Crippen molar-refractivity contribution in [3.05, 3.63) is 69.8 Å². The molecule has 0 spiro atoms. The molecule has 0 bridgehead atoms. The Morgan fingerprint density at radius 3 is 2.19 bits per heavy atom. The summed E-state index contributed by atoms with van der Waals surface area (Å²) < 4.78 is 4.70. The van der Waals surface area contributed by atoms with Crippen molar-refractivity contribution in [2.75, 3.05) is 6.54 Å². The predicted octanol–water partition coefficient (Wildman–Crippen LogP) is 3.23. The summed E-state index contributed by atoms with van der Waals surface area (Å²) in [7, 11) is 0. The Morgan fingerprint density at radius 2 is 1.58 bits per heavy atom. The molecule has 2 rings (SSSR count). The zero-order valence-corrected chi connectivity index (χ0v) is 14.8. The summed E-state index contributed by atoms with van der Waals surface area (Å²) >= 11 is 0. The van der Waals surface area contributed by atoms with Gasteiger partial charge in [0.2, 0.25) is 0 Å². The predicted molar refractivity (Wildman–Crippen MR) is 95.0 cm³/mol.